The lowest BCUT2D eigenvalue weighted by atomic mass is 10.2. The Morgan fingerprint density at radius 3 is 2.85 bits per heavy atom. The fourth-order valence-electron chi connectivity index (χ4n) is 2.70. The molecular formula is C19H17N3O3S. The monoisotopic (exact) mass is 367 g/mol. The lowest BCUT2D eigenvalue weighted by Crippen LogP contribution is -2.33. The van der Waals surface area contributed by atoms with Gasteiger partial charge in [0.15, 0.2) is 4.77 Å². The van der Waals surface area contributed by atoms with Gasteiger partial charge in [0.05, 0.1) is 30.3 Å². The molecule has 2 aromatic heterocycles. The molecule has 3 aromatic rings. The third-order valence-electron chi connectivity index (χ3n) is 4.00. The van der Waals surface area contributed by atoms with Crippen LogP contribution in [0.3, 0.4) is 0 Å². The van der Waals surface area contributed by atoms with E-state index in [9.17, 15) is 9.59 Å². The van der Waals surface area contributed by atoms with Gasteiger partial charge in [-0.15, -0.1) is 6.42 Å². The van der Waals surface area contributed by atoms with E-state index >= 15 is 0 Å². The highest BCUT2D eigenvalue weighted by molar-refractivity contribution is 7.71. The Bertz CT molecular complexity index is 1070. The summed E-state index contributed by atoms with van der Waals surface area (Å²) in [6.45, 7) is 0.631. The van der Waals surface area contributed by atoms with Crippen molar-refractivity contribution in [3.63, 3.8) is 0 Å². The predicted octanol–water partition coefficient (Wildman–Crippen LogP) is 2.70. The second-order valence-electron chi connectivity index (χ2n) is 5.72. The SMILES string of the molecule is C#CCN(Cc1ccco1)C(=O)CCn1c(=S)[nH]c2ccccc2c1=O. The molecule has 0 radical (unpaired) electrons. The number of hydrogen-bond acceptors (Lipinski definition) is 4. The zero-order valence-electron chi connectivity index (χ0n) is 14.0. The van der Waals surface area contributed by atoms with E-state index in [1.54, 1.807) is 36.6 Å². The molecule has 0 saturated heterocycles. The molecule has 0 unspecified atom stereocenters. The maximum atomic E-state index is 12.6. The smallest absolute Gasteiger partial charge is 0.262 e. The van der Waals surface area contributed by atoms with E-state index in [2.05, 4.69) is 10.9 Å². The quantitative estimate of drug-likeness (QED) is 0.537. The number of amides is 1. The van der Waals surface area contributed by atoms with Gasteiger partial charge in [0, 0.05) is 13.0 Å². The van der Waals surface area contributed by atoms with E-state index < -0.39 is 0 Å². The number of furan rings is 1. The van der Waals surface area contributed by atoms with Crippen LogP contribution < -0.4 is 5.56 Å². The summed E-state index contributed by atoms with van der Waals surface area (Å²) in [4.78, 5) is 29.7. The zero-order valence-corrected chi connectivity index (χ0v) is 14.8. The number of nitrogens with one attached hydrogen (secondary N) is 1. The van der Waals surface area contributed by atoms with Crippen molar-refractivity contribution in [1.82, 2.24) is 14.5 Å². The van der Waals surface area contributed by atoms with E-state index in [-0.39, 0.29) is 42.3 Å². The van der Waals surface area contributed by atoms with E-state index in [1.165, 1.54) is 9.47 Å². The first-order valence-corrected chi connectivity index (χ1v) is 8.46. The van der Waals surface area contributed by atoms with Crippen LogP contribution in [0.25, 0.3) is 10.9 Å². The molecule has 7 heteroatoms. The first kappa shape index (κ1) is 17.7. The number of benzene rings is 1. The minimum Gasteiger partial charge on any atom is -0.467 e. The highest BCUT2D eigenvalue weighted by Crippen LogP contribution is 2.09. The Hall–Kier alpha value is -3.11. The summed E-state index contributed by atoms with van der Waals surface area (Å²) in [6.07, 6.45) is 7.02. The number of carbonyl (C=O) groups excluding carboxylic acids is 1. The van der Waals surface area contributed by atoms with Crippen LogP contribution in [-0.4, -0.2) is 26.9 Å². The van der Waals surface area contributed by atoms with Crippen molar-refractivity contribution in [2.45, 2.75) is 19.5 Å². The van der Waals surface area contributed by atoms with Gasteiger partial charge in [0.1, 0.15) is 5.76 Å². The van der Waals surface area contributed by atoms with Gasteiger partial charge >= 0.3 is 0 Å². The molecular weight excluding hydrogens is 350 g/mol. The average Bonchev–Trinajstić information content (AvgIpc) is 3.14. The standard InChI is InChI=1S/C19H17N3O3S/c1-2-10-21(13-14-6-5-12-25-14)17(23)9-11-22-18(24)15-7-3-4-8-16(15)20-19(22)26/h1,3-8,12H,9-11,13H2,(H,20,26). The second-order valence-corrected chi connectivity index (χ2v) is 6.10. The van der Waals surface area contributed by atoms with Crippen molar-refractivity contribution in [1.29, 1.82) is 0 Å². The normalized spacial score (nSPS) is 10.6. The van der Waals surface area contributed by atoms with Gasteiger partial charge in [-0.1, -0.05) is 18.1 Å². The Morgan fingerprint density at radius 1 is 1.31 bits per heavy atom. The van der Waals surface area contributed by atoms with Gasteiger partial charge in [-0.2, -0.15) is 0 Å². The van der Waals surface area contributed by atoms with Crippen LogP contribution >= 0.6 is 12.2 Å². The van der Waals surface area contributed by atoms with Crippen molar-refractivity contribution < 1.29 is 9.21 Å². The Morgan fingerprint density at radius 2 is 2.12 bits per heavy atom. The molecule has 1 amide bonds. The molecule has 0 fully saturated rings. The molecule has 0 aliphatic carbocycles. The Kier molecular flexibility index (Phi) is 5.34. The Balaban J connectivity index is 1.78. The van der Waals surface area contributed by atoms with Crippen LogP contribution in [0, 0.1) is 17.1 Å². The van der Waals surface area contributed by atoms with E-state index in [0.29, 0.717) is 16.7 Å². The number of aromatic amines is 1. The number of hydrogen-bond donors (Lipinski definition) is 1. The van der Waals surface area contributed by atoms with Gasteiger partial charge < -0.3 is 14.3 Å². The fourth-order valence-corrected chi connectivity index (χ4v) is 2.98. The predicted molar refractivity (Wildman–Crippen MR) is 101 cm³/mol. The fraction of sp³-hybridized carbons (Fsp3) is 0.211. The first-order chi connectivity index (χ1) is 12.6. The third kappa shape index (κ3) is 3.76. The molecule has 1 N–H and O–H groups in total. The maximum Gasteiger partial charge on any atom is 0.262 e. The topological polar surface area (TPSA) is 71.2 Å². The number of aromatic nitrogens is 2. The van der Waals surface area contributed by atoms with Gasteiger partial charge in [0.2, 0.25) is 5.91 Å². The molecule has 1 aromatic carbocycles. The van der Waals surface area contributed by atoms with Gasteiger partial charge in [-0.25, -0.2) is 0 Å². The lowest BCUT2D eigenvalue weighted by Gasteiger charge is -2.19. The summed E-state index contributed by atoms with van der Waals surface area (Å²) in [7, 11) is 0. The molecule has 2 heterocycles. The van der Waals surface area contributed by atoms with Crippen molar-refractivity contribution in [3.05, 3.63) is 63.5 Å². The molecule has 0 spiro atoms. The van der Waals surface area contributed by atoms with Crippen LogP contribution in [-0.2, 0) is 17.9 Å². The van der Waals surface area contributed by atoms with E-state index in [1.807, 2.05) is 6.07 Å². The van der Waals surface area contributed by atoms with Crippen LogP contribution in [0.5, 0.6) is 0 Å². The molecule has 0 aliphatic rings. The van der Waals surface area contributed by atoms with E-state index in [0.717, 1.165) is 0 Å². The molecule has 0 bridgehead atoms. The molecule has 0 atom stereocenters. The second kappa shape index (κ2) is 7.85. The number of H-pyrrole nitrogens is 1. The first-order valence-electron chi connectivity index (χ1n) is 8.05. The summed E-state index contributed by atoms with van der Waals surface area (Å²) in [5.41, 5.74) is 0.462. The van der Waals surface area contributed by atoms with Crippen molar-refractivity contribution >= 4 is 29.0 Å². The number of para-hydroxylation sites is 1. The van der Waals surface area contributed by atoms with Crippen molar-refractivity contribution in [2.24, 2.45) is 0 Å². The van der Waals surface area contributed by atoms with Gasteiger partial charge in [-0.3, -0.25) is 14.2 Å². The van der Waals surface area contributed by atoms with E-state index in [4.69, 9.17) is 23.1 Å². The van der Waals surface area contributed by atoms with Crippen molar-refractivity contribution in [3.8, 4) is 12.3 Å². The van der Waals surface area contributed by atoms with Crippen LogP contribution in [0.2, 0.25) is 0 Å². The molecule has 0 saturated carbocycles. The van der Waals surface area contributed by atoms with Crippen molar-refractivity contribution in [2.75, 3.05) is 6.54 Å². The number of terminal acetylenes is 1. The highest BCUT2D eigenvalue weighted by atomic mass is 32.1. The zero-order chi connectivity index (χ0) is 18.5. The lowest BCUT2D eigenvalue weighted by molar-refractivity contribution is -0.131. The molecule has 132 valence electrons. The molecule has 6 nitrogen and oxygen atoms in total. The number of fused-ring (bicyclic) bond motifs is 1. The average molecular weight is 367 g/mol. The highest BCUT2D eigenvalue weighted by Gasteiger charge is 2.15. The summed E-state index contributed by atoms with van der Waals surface area (Å²) < 4.78 is 6.96. The minimum atomic E-state index is -0.216. The van der Waals surface area contributed by atoms with Crippen LogP contribution in [0.4, 0.5) is 0 Å². The molecule has 26 heavy (non-hydrogen) atoms. The third-order valence-corrected chi connectivity index (χ3v) is 4.32. The summed E-state index contributed by atoms with van der Waals surface area (Å²) in [6, 6.07) is 10.7. The minimum absolute atomic E-state index is 0.109. The molecule has 3 rings (SSSR count). The van der Waals surface area contributed by atoms with Gasteiger partial charge in [-0.05, 0) is 36.5 Å². The number of nitrogens with zero attached hydrogens (tertiary/aromatic N) is 2. The molecule has 0 aliphatic heterocycles. The summed E-state index contributed by atoms with van der Waals surface area (Å²) in [5, 5.41) is 0.532. The number of carbonyl (C=O) groups is 1. The largest absolute Gasteiger partial charge is 0.467 e. The van der Waals surface area contributed by atoms with Gasteiger partial charge in [0.25, 0.3) is 5.56 Å². The Labute approximate surface area is 155 Å². The maximum absolute atomic E-state index is 12.6. The van der Waals surface area contributed by atoms with Crippen LogP contribution in [0.15, 0.2) is 51.9 Å². The summed E-state index contributed by atoms with van der Waals surface area (Å²) in [5.74, 6) is 2.95. The number of rotatable bonds is 6. The van der Waals surface area contributed by atoms with Crippen LogP contribution in [0.1, 0.15) is 12.2 Å². The summed E-state index contributed by atoms with van der Waals surface area (Å²) >= 11 is 5.26.